The molecule has 1 aromatic heterocycles. The third-order valence-electron chi connectivity index (χ3n) is 3.01. The van der Waals surface area contributed by atoms with Gasteiger partial charge in [0.1, 0.15) is 16.6 Å². The molecule has 3 nitrogen and oxygen atoms in total. The number of methoxy groups -OCH3 is 1. The summed E-state index contributed by atoms with van der Waals surface area (Å²) in [7, 11) is 1.55. The summed E-state index contributed by atoms with van der Waals surface area (Å²) in [6.07, 6.45) is 0.905. The average Bonchev–Trinajstić information content (AvgIpc) is 2.81. The Morgan fingerprint density at radius 3 is 3.11 bits per heavy atom. The molecule has 1 aliphatic rings. The summed E-state index contributed by atoms with van der Waals surface area (Å²) in [5.74, 6) is 0.252. The van der Waals surface area contributed by atoms with Crippen molar-refractivity contribution in [3.63, 3.8) is 0 Å². The van der Waals surface area contributed by atoms with Crippen LogP contribution in [0.25, 0.3) is 10.6 Å². The first-order valence-corrected chi connectivity index (χ1v) is 6.63. The molecule has 0 spiro atoms. The van der Waals surface area contributed by atoms with Crippen LogP contribution in [0.15, 0.2) is 18.2 Å². The van der Waals surface area contributed by atoms with Crippen LogP contribution >= 0.6 is 11.3 Å². The van der Waals surface area contributed by atoms with Gasteiger partial charge < -0.3 is 10.1 Å². The van der Waals surface area contributed by atoms with Crippen LogP contribution in [0.3, 0.4) is 0 Å². The maximum absolute atomic E-state index is 14.0. The van der Waals surface area contributed by atoms with Crippen LogP contribution in [0.2, 0.25) is 0 Å². The molecule has 0 radical (unpaired) electrons. The fourth-order valence-corrected chi connectivity index (χ4v) is 3.24. The van der Waals surface area contributed by atoms with E-state index in [0.29, 0.717) is 16.3 Å². The van der Waals surface area contributed by atoms with E-state index in [1.54, 1.807) is 19.2 Å². The van der Waals surface area contributed by atoms with Gasteiger partial charge in [-0.25, -0.2) is 9.37 Å². The zero-order valence-electron chi connectivity index (χ0n) is 10.00. The lowest BCUT2D eigenvalue weighted by Gasteiger charge is -2.09. The van der Waals surface area contributed by atoms with E-state index in [1.807, 2.05) is 0 Å². The molecule has 0 unspecified atom stereocenters. The largest absolute Gasteiger partial charge is 0.496 e. The first-order valence-electron chi connectivity index (χ1n) is 5.82. The summed E-state index contributed by atoms with van der Waals surface area (Å²) < 4.78 is 19.2. The summed E-state index contributed by atoms with van der Waals surface area (Å²) in [5.41, 5.74) is 1.55. The maximum atomic E-state index is 14.0. The fourth-order valence-electron chi connectivity index (χ4n) is 2.11. The van der Waals surface area contributed by atoms with Gasteiger partial charge >= 0.3 is 0 Å². The van der Waals surface area contributed by atoms with Crippen LogP contribution in [0, 0.1) is 5.82 Å². The molecular formula is C13H13FN2OS. The predicted molar refractivity (Wildman–Crippen MR) is 69.5 cm³/mol. The number of ether oxygens (including phenoxy) is 1. The number of aromatic nitrogens is 1. The molecule has 0 bridgehead atoms. The number of hydrogen-bond donors (Lipinski definition) is 1. The van der Waals surface area contributed by atoms with Crippen LogP contribution < -0.4 is 10.1 Å². The van der Waals surface area contributed by atoms with Gasteiger partial charge in [0.2, 0.25) is 0 Å². The molecule has 18 heavy (non-hydrogen) atoms. The van der Waals surface area contributed by atoms with E-state index < -0.39 is 0 Å². The minimum atomic E-state index is -0.284. The quantitative estimate of drug-likeness (QED) is 0.905. The minimum absolute atomic E-state index is 0.284. The van der Waals surface area contributed by atoms with Crippen LogP contribution in [-0.2, 0) is 13.0 Å². The number of halogens is 1. The van der Waals surface area contributed by atoms with Crippen molar-refractivity contribution in [2.24, 2.45) is 0 Å². The van der Waals surface area contributed by atoms with Gasteiger partial charge in [-0.2, -0.15) is 0 Å². The van der Waals surface area contributed by atoms with Crippen molar-refractivity contribution in [2.45, 2.75) is 13.0 Å². The minimum Gasteiger partial charge on any atom is -0.496 e. The summed E-state index contributed by atoms with van der Waals surface area (Å²) in [4.78, 5) is 5.74. The molecule has 1 N–H and O–H groups in total. The lowest BCUT2D eigenvalue weighted by molar-refractivity contribution is 0.413. The summed E-state index contributed by atoms with van der Waals surface area (Å²) in [6, 6.07) is 4.85. The molecule has 0 amide bonds. The Balaban J connectivity index is 2.12. The Kier molecular flexibility index (Phi) is 3.01. The Morgan fingerprint density at radius 1 is 1.44 bits per heavy atom. The zero-order chi connectivity index (χ0) is 12.5. The van der Waals surface area contributed by atoms with Crippen LogP contribution in [0.5, 0.6) is 5.75 Å². The second kappa shape index (κ2) is 4.66. The lowest BCUT2D eigenvalue weighted by Crippen LogP contribution is -2.22. The average molecular weight is 264 g/mol. The van der Waals surface area contributed by atoms with Crippen molar-refractivity contribution in [2.75, 3.05) is 13.7 Å². The third kappa shape index (κ3) is 1.89. The van der Waals surface area contributed by atoms with E-state index in [0.717, 1.165) is 25.2 Å². The van der Waals surface area contributed by atoms with Crippen molar-refractivity contribution in [3.8, 4) is 16.3 Å². The van der Waals surface area contributed by atoms with Gasteiger partial charge in [0.05, 0.1) is 18.4 Å². The maximum Gasteiger partial charge on any atom is 0.137 e. The number of fused-ring (bicyclic) bond motifs is 1. The molecule has 1 aliphatic heterocycles. The standard InChI is InChI=1S/C13H13FN2OS/c1-17-10-4-2-3-8(14)12(10)13-16-9-5-6-15-7-11(9)18-13/h2-4,15H,5-7H2,1H3. The Labute approximate surface area is 109 Å². The van der Waals surface area contributed by atoms with Crippen LogP contribution in [0.1, 0.15) is 10.6 Å². The molecule has 5 heteroatoms. The lowest BCUT2D eigenvalue weighted by atomic mass is 10.2. The molecule has 0 atom stereocenters. The van der Waals surface area contributed by atoms with E-state index in [4.69, 9.17) is 4.74 Å². The van der Waals surface area contributed by atoms with Gasteiger partial charge in [-0.3, -0.25) is 0 Å². The second-order valence-corrected chi connectivity index (χ2v) is 5.22. The molecule has 0 saturated heterocycles. The smallest absolute Gasteiger partial charge is 0.137 e. The molecular weight excluding hydrogens is 251 g/mol. The molecule has 2 aromatic rings. The van der Waals surface area contributed by atoms with Gasteiger partial charge in [0, 0.05) is 24.4 Å². The molecule has 0 saturated carbocycles. The van der Waals surface area contributed by atoms with Crippen molar-refractivity contribution in [3.05, 3.63) is 34.6 Å². The summed E-state index contributed by atoms with van der Waals surface area (Å²) in [5, 5.41) is 4.00. The molecule has 0 fully saturated rings. The number of thiazole rings is 1. The number of rotatable bonds is 2. The third-order valence-corrected chi connectivity index (χ3v) is 4.13. The van der Waals surface area contributed by atoms with Gasteiger partial charge in [-0.1, -0.05) is 6.07 Å². The highest BCUT2D eigenvalue weighted by molar-refractivity contribution is 7.15. The molecule has 94 valence electrons. The molecule has 3 rings (SSSR count). The highest BCUT2D eigenvalue weighted by atomic mass is 32.1. The fraction of sp³-hybridized carbons (Fsp3) is 0.308. The molecule has 0 aliphatic carbocycles. The van der Waals surface area contributed by atoms with Crippen LogP contribution in [-0.4, -0.2) is 18.6 Å². The van der Waals surface area contributed by atoms with E-state index in [1.165, 1.54) is 22.3 Å². The predicted octanol–water partition coefficient (Wildman–Crippen LogP) is 2.60. The molecule has 1 aromatic carbocycles. The van der Waals surface area contributed by atoms with Crippen molar-refractivity contribution in [1.29, 1.82) is 0 Å². The zero-order valence-corrected chi connectivity index (χ0v) is 10.8. The van der Waals surface area contributed by atoms with Crippen molar-refractivity contribution >= 4 is 11.3 Å². The molecule has 2 heterocycles. The topological polar surface area (TPSA) is 34.1 Å². The van der Waals surface area contributed by atoms with Crippen LogP contribution in [0.4, 0.5) is 4.39 Å². The number of hydrogen-bond acceptors (Lipinski definition) is 4. The van der Waals surface area contributed by atoms with E-state index in [-0.39, 0.29) is 5.82 Å². The first-order chi connectivity index (χ1) is 8.79. The van der Waals surface area contributed by atoms with E-state index in [9.17, 15) is 4.39 Å². The number of nitrogens with one attached hydrogen (secondary N) is 1. The van der Waals surface area contributed by atoms with Crippen molar-refractivity contribution in [1.82, 2.24) is 10.3 Å². The number of benzene rings is 1. The normalized spacial score (nSPS) is 14.3. The van der Waals surface area contributed by atoms with Gasteiger partial charge in [0.25, 0.3) is 0 Å². The van der Waals surface area contributed by atoms with Gasteiger partial charge in [-0.15, -0.1) is 11.3 Å². The second-order valence-electron chi connectivity index (χ2n) is 4.13. The highest BCUT2D eigenvalue weighted by Gasteiger charge is 2.20. The van der Waals surface area contributed by atoms with E-state index in [2.05, 4.69) is 10.3 Å². The Hall–Kier alpha value is -1.46. The Bertz CT molecular complexity index is 559. The summed E-state index contributed by atoms with van der Waals surface area (Å²) >= 11 is 1.54. The van der Waals surface area contributed by atoms with Crippen molar-refractivity contribution < 1.29 is 9.13 Å². The Morgan fingerprint density at radius 2 is 2.33 bits per heavy atom. The monoisotopic (exact) mass is 264 g/mol. The number of nitrogens with zero attached hydrogens (tertiary/aromatic N) is 1. The van der Waals surface area contributed by atoms with Gasteiger partial charge in [0.15, 0.2) is 0 Å². The highest BCUT2D eigenvalue weighted by Crippen LogP contribution is 2.37. The van der Waals surface area contributed by atoms with Gasteiger partial charge in [-0.05, 0) is 12.1 Å². The first kappa shape index (κ1) is 11.6. The SMILES string of the molecule is COc1cccc(F)c1-c1nc2c(s1)CNCC2. The van der Waals surface area contributed by atoms with E-state index >= 15 is 0 Å². The summed E-state index contributed by atoms with van der Waals surface area (Å²) in [6.45, 7) is 1.76.